The second kappa shape index (κ2) is 5.75. The molecular weight excluding hydrogens is 272 g/mol. The first-order valence-corrected chi connectivity index (χ1v) is 7.37. The minimum atomic E-state index is -0.814. The van der Waals surface area contributed by atoms with Crippen LogP contribution >= 0.6 is 0 Å². The summed E-state index contributed by atoms with van der Waals surface area (Å²) >= 11 is 0. The third kappa shape index (κ3) is 3.09. The number of carbonyl (C=O) groups is 1. The van der Waals surface area contributed by atoms with E-state index in [9.17, 15) is 9.90 Å². The predicted octanol–water partition coefficient (Wildman–Crippen LogP) is -0.671. The molecule has 1 aromatic rings. The molecule has 0 aromatic carbocycles. The summed E-state index contributed by atoms with van der Waals surface area (Å²) in [5.41, 5.74) is -0.253. The lowest BCUT2D eigenvalue weighted by atomic mass is 10.0. The van der Waals surface area contributed by atoms with Crippen LogP contribution in [-0.4, -0.2) is 82.1 Å². The number of β-amino-alcohol motifs (C(OH)–C–C–N with tert-alkyl or cyclic N) is 1. The molecule has 3 rings (SSSR count). The van der Waals surface area contributed by atoms with E-state index < -0.39 is 5.60 Å². The molecule has 3 heterocycles. The van der Waals surface area contributed by atoms with Crippen LogP contribution in [0.5, 0.6) is 0 Å². The summed E-state index contributed by atoms with van der Waals surface area (Å²) in [6.07, 6.45) is 2.23. The lowest BCUT2D eigenvalue weighted by Crippen LogP contribution is -2.49. The van der Waals surface area contributed by atoms with Crippen LogP contribution in [0.1, 0.15) is 16.9 Å². The van der Waals surface area contributed by atoms with Gasteiger partial charge in [0.2, 0.25) is 0 Å². The van der Waals surface area contributed by atoms with E-state index in [0.29, 0.717) is 45.0 Å². The molecular formula is C14H22N4O3. The van der Waals surface area contributed by atoms with Crippen molar-refractivity contribution in [3.05, 3.63) is 18.0 Å². The molecule has 0 saturated carbocycles. The number of morpholine rings is 1. The van der Waals surface area contributed by atoms with Crippen LogP contribution in [-0.2, 0) is 11.8 Å². The molecule has 2 saturated heterocycles. The van der Waals surface area contributed by atoms with E-state index in [4.69, 9.17) is 4.74 Å². The molecule has 7 nitrogen and oxygen atoms in total. The normalized spacial score (nSPS) is 27.2. The van der Waals surface area contributed by atoms with Crippen molar-refractivity contribution >= 4 is 5.91 Å². The Kier molecular flexibility index (Phi) is 3.97. The van der Waals surface area contributed by atoms with Gasteiger partial charge >= 0.3 is 0 Å². The standard InChI is InChI=1S/C14H22N4O3/c1-16-12(2-4-15-16)13(19)18-5-3-14(20,11-18)10-17-6-8-21-9-7-17/h2,4,20H,3,5-11H2,1H3. The molecule has 116 valence electrons. The minimum Gasteiger partial charge on any atom is -0.387 e. The number of rotatable bonds is 3. The molecule has 2 fully saturated rings. The van der Waals surface area contributed by atoms with Gasteiger partial charge in [0.05, 0.1) is 25.4 Å². The largest absolute Gasteiger partial charge is 0.387 e. The van der Waals surface area contributed by atoms with Gasteiger partial charge in [0.15, 0.2) is 0 Å². The van der Waals surface area contributed by atoms with Crippen LogP contribution in [0.3, 0.4) is 0 Å². The van der Waals surface area contributed by atoms with E-state index in [2.05, 4.69) is 10.00 Å². The van der Waals surface area contributed by atoms with Gasteiger partial charge in [-0.1, -0.05) is 0 Å². The number of carbonyl (C=O) groups excluding carboxylic acids is 1. The SMILES string of the molecule is Cn1nccc1C(=O)N1CCC(O)(CN2CCOCC2)C1. The van der Waals surface area contributed by atoms with Gasteiger partial charge in [-0.3, -0.25) is 14.4 Å². The van der Waals surface area contributed by atoms with Gasteiger partial charge < -0.3 is 14.7 Å². The zero-order valence-corrected chi connectivity index (χ0v) is 12.4. The molecule has 0 radical (unpaired) electrons. The zero-order valence-electron chi connectivity index (χ0n) is 12.4. The predicted molar refractivity (Wildman–Crippen MR) is 75.9 cm³/mol. The number of nitrogens with zero attached hydrogens (tertiary/aromatic N) is 4. The van der Waals surface area contributed by atoms with E-state index in [-0.39, 0.29) is 5.91 Å². The minimum absolute atomic E-state index is 0.0621. The zero-order chi connectivity index (χ0) is 14.9. The van der Waals surface area contributed by atoms with Gasteiger partial charge in [-0.2, -0.15) is 5.10 Å². The quantitative estimate of drug-likeness (QED) is 0.800. The van der Waals surface area contributed by atoms with Gasteiger partial charge in [0.25, 0.3) is 5.91 Å². The van der Waals surface area contributed by atoms with Crippen molar-refractivity contribution in [2.24, 2.45) is 7.05 Å². The van der Waals surface area contributed by atoms with Crippen molar-refractivity contribution in [1.82, 2.24) is 19.6 Å². The average molecular weight is 294 g/mol. The Morgan fingerprint density at radius 3 is 2.86 bits per heavy atom. The highest BCUT2D eigenvalue weighted by molar-refractivity contribution is 5.92. The summed E-state index contributed by atoms with van der Waals surface area (Å²) < 4.78 is 6.89. The van der Waals surface area contributed by atoms with Gasteiger partial charge in [-0.25, -0.2) is 0 Å². The van der Waals surface area contributed by atoms with Crippen molar-refractivity contribution < 1.29 is 14.6 Å². The van der Waals surface area contributed by atoms with E-state index >= 15 is 0 Å². The maximum Gasteiger partial charge on any atom is 0.272 e. The second-order valence-corrected chi connectivity index (χ2v) is 5.93. The Morgan fingerprint density at radius 1 is 1.43 bits per heavy atom. The summed E-state index contributed by atoms with van der Waals surface area (Å²) in [7, 11) is 1.75. The highest BCUT2D eigenvalue weighted by Crippen LogP contribution is 2.24. The van der Waals surface area contributed by atoms with Crippen LogP contribution in [0.4, 0.5) is 0 Å². The van der Waals surface area contributed by atoms with E-state index in [1.165, 1.54) is 0 Å². The summed E-state index contributed by atoms with van der Waals surface area (Å²) in [4.78, 5) is 16.4. The highest BCUT2D eigenvalue weighted by atomic mass is 16.5. The molecule has 1 aromatic heterocycles. The smallest absolute Gasteiger partial charge is 0.272 e. The maximum absolute atomic E-state index is 12.4. The number of amides is 1. The molecule has 1 N–H and O–H groups in total. The molecule has 1 atom stereocenters. The Morgan fingerprint density at radius 2 is 2.19 bits per heavy atom. The second-order valence-electron chi connectivity index (χ2n) is 5.93. The monoisotopic (exact) mass is 294 g/mol. The third-order valence-corrected chi connectivity index (χ3v) is 4.28. The molecule has 21 heavy (non-hydrogen) atoms. The number of hydrogen-bond acceptors (Lipinski definition) is 5. The van der Waals surface area contributed by atoms with Gasteiger partial charge in [0.1, 0.15) is 5.69 Å². The number of aliphatic hydroxyl groups is 1. The van der Waals surface area contributed by atoms with E-state index in [1.807, 2.05) is 0 Å². The van der Waals surface area contributed by atoms with Crippen molar-refractivity contribution in [3.63, 3.8) is 0 Å². The molecule has 1 amide bonds. The van der Waals surface area contributed by atoms with Gasteiger partial charge in [0, 0.05) is 39.4 Å². The molecule has 7 heteroatoms. The first kappa shape index (κ1) is 14.5. The lowest BCUT2D eigenvalue weighted by molar-refractivity contribution is -0.0257. The van der Waals surface area contributed by atoms with Crippen molar-refractivity contribution in [3.8, 4) is 0 Å². The Labute approximate surface area is 124 Å². The maximum atomic E-state index is 12.4. The first-order valence-electron chi connectivity index (χ1n) is 7.37. The van der Waals surface area contributed by atoms with Crippen LogP contribution in [0, 0.1) is 0 Å². The fraction of sp³-hybridized carbons (Fsp3) is 0.714. The summed E-state index contributed by atoms with van der Waals surface area (Å²) in [6, 6.07) is 1.71. The topological polar surface area (TPSA) is 70.8 Å². The van der Waals surface area contributed by atoms with E-state index in [0.717, 1.165) is 13.1 Å². The number of aromatic nitrogens is 2. The third-order valence-electron chi connectivity index (χ3n) is 4.28. The van der Waals surface area contributed by atoms with Crippen LogP contribution in [0.15, 0.2) is 12.3 Å². The van der Waals surface area contributed by atoms with Gasteiger partial charge in [-0.15, -0.1) is 0 Å². The molecule has 1 unspecified atom stereocenters. The highest BCUT2D eigenvalue weighted by Gasteiger charge is 2.40. The number of ether oxygens (including phenoxy) is 1. The van der Waals surface area contributed by atoms with Crippen LogP contribution < -0.4 is 0 Å². The fourth-order valence-electron chi connectivity index (χ4n) is 3.08. The first-order chi connectivity index (χ1) is 10.1. The van der Waals surface area contributed by atoms with Crippen LogP contribution in [0.2, 0.25) is 0 Å². The van der Waals surface area contributed by atoms with E-state index in [1.54, 1.807) is 28.9 Å². The summed E-state index contributed by atoms with van der Waals surface area (Å²) in [5.74, 6) is -0.0621. The van der Waals surface area contributed by atoms with Crippen LogP contribution in [0.25, 0.3) is 0 Å². The number of likely N-dealkylation sites (tertiary alicyclic amines) is 1. The lowest BCUT2D eigenvalue weighted by Gasteiger charge is -2.33. The fourth-order valence-corrected chi connectivity index (χ4v) is 3.08. The Hall–Kier alpha value is -1.44. The molecule has 0 aliphatic carbocycles. The summed E-state index contributed by atoms with van der Waals surface area (Å²) in [6.45, 7) is 4.70. The molecule has 0 spiro atoms. The molecule has 0 bridgehead atoms. The van der Waals surface area contributed by atoms with Crippen molar-refractivity contribution in [2.75, 3.05) is 45.9 Å². The van der Waals surface area contributed by atoms with Crippen molar-refractivity contribution in [1.29, 1.82) is 0 Å². The van der Waals surface area contributed by atoms with Gasteiger partial charge in [-0.05, 0) is 12.5 Å². The Balaban J connectivity index is 1.61. The number of aryl methyl sites for hydroxylation is 1. The molecule has 2 aliphatic rings. The van der Waals surface area contributed by atoms with Crippen molar-refractivity contribution in [2.45, 2.75) is 12.0 Å². The Bertz CT molecular complexity index is 512. The number of hydrogen-bond donors (Lipinski definition) is 1. The molecule has 2 aliphatic heterocycles. The average Bonchev–Trinajstić information content (AvgIpc) is 3.06. The summed E-state index contributed by atoms with van der Waals surface area (Å²) in [5, 5.41) is 14.8.